The Hall–Kier alpha value is -0.770. The van der Waals surface area contributed by atoms with Crippen molar-refractivity contribution >= 4 is 29.1 Å². The van der Waals surface area contributed by atoms with Gasteiger partial charge in [0, 0.05) is 23.1 Å². The molecule has 1 fully saturated rings. The van der Waals surface area contributed by atoms with Gasteiger partial charge in [-0.2, -0.15) is 0 Å². The van der Waals surface area contributed by atoms with Gasteiger partial charge in [-0.15, -0.1) is 0 Å². The van der Waals surface area contributed by atoms with Crippen molar-refractivity contribution in [2.45, 2.75) is 6.42 Å². The molecule has 0 bridgehead atoms. The predicted molar refractivity (Wildman–Crippen MR) is 67.6 cm³/mol. The molecule has 0 N–H and O–H groups in total. The predicted octanol–water partition coefficient (Wildman–Crippen LogP) is 2.39. The van der Waals surface area contributed by atoms with E-state index < -0.39 is 0 Å². The van der Waals surface area contributed by atoms with Gasteiger partial charge in [-0.05, 0) is 17.7 Å². The molecular weight excluding hydrogens is 261 g/mol. The van der Waals surface area contributed by atoms with Crippen molar-refractivity contribution in [1.82, 2.24) is 4.90 Å². The van der Waals surface area contributed by atoms with Crippen LogP contribution in [0.2, 0.25) is 10.0 Å². The fraction of sp³-hybridized carbons (Fsp3) is 0.417. The monoisotopic (exact) mass is 273 g/mol. The highest BCUT2D eigenvalue weighted by molar-refractivity contribution is 6.35. The lowest BCUT2D eigenvalue weighted by Crippen LogP contribution is -2.41. The van der Waals surface area contributed by atoms with Gasteiger partial charge in [0.2, 0.25) is 5.91 Å². The van der Waals surface area contributed by atoms with E-state index in [-0.39, 0.29) is 5.91 Å². The van der Waals surface area contributed by atoms with Crippen LogP contribution in [-0.4, -0.2) is 37.1 Å². The zero-order valence-corrected chi connectivity index (χ0v) is 10.8. The van der Waals surface area contributed by atoms with E-state index in [1.54, 1.807) is 23.1 Å². The summed E-state index contributed by atoms with van der Waals surface area (Å²) in [6.07, 6.45) is 0.315. The first-order chi connectivity index (χ1) is 8.16. The van der Waals surface area contributed by atoms with E-state index in [0.29, 0.717) is 42.8 Å². The van der Waals surface area contributed by atoms with Crippen LogP contribution in [0.5, 0.6) is 0 Å². The Morgan fingerprint density at radius 2 is 2.00 bits per heavy atom. The largest absolute Gasteiger partial charge is 0.378 e. The molecule has 1 aromatic rings. The van der Waals surface area contributed by atoms with Gasteiger partial charge in [0.15, 0.2) is 0 Å². The number of rotatable bonds is 2. The Labute approximate surface area is 110 Å². The Kier molecular flexibility index (Phi) is 4.26. The quantitative estimate of drug-likeness (QED) is 0.828. The third-order valence-electron chi connectivity index (χ3n) is 2.72. The molecule has 2 rings (SSSR count). The van der Waals surface area contributed by atoms with Crippen molar-refractivity contribution in [2.75, 3.05) is 26.3 Å². The van der Waals surface area contributed by atoms with Crippen molar-refractivity contribution in [2.24, 2.45) is 0 Å². The van der Waals surface area contributed by atoms with Crippen molar-refractivity contribution in [1.29, 1.82) is 0 Å². The Morgan fingerprint density at radius 1 is 1.29 bits per heavy atom. The highest BCUT2D eigenvalue weighted by atomic mass is 35.5. The molecule has 1 aromatic carbocycles. The van der Waals surface area contributed by atoms with Gasteiger partial charge in [0.05, 0.1) is 19.6 Å². The minimum absolute atomic E-state index is 0.0810. The molecule has 0 radical (unpaired) electrons. The van der Waals surface area contributed by atoms with E-state index >= 15 is 0 Å². The number of morpholine rings is 1. The molecule has 92 valence electrons. The van der Waals surface area contributed by atoms with E-state index in [4.69, 9.17) is 27.9 Å². The number of halogens is 2. The molecule has 1 aliphatic rings. The van der Waals surface area contributed by atoms with Gasteiger partial charge in [0.1, 0.15) is 0 Å². The molecule has 17 heavy (non-hydrogen) atoms. The summed E-state index contributed by atoms with van der Waals surface area (Å²) < 4.78 is 5.20. The van der Waals surface area contributed by atoms with Crippen LogP contribution < -0.4 is 0 Å². The van der Waals surface area contributed by atoms with Crippen LogP contribution in [0.1, 0.15) is 5.56 Å². The van der Waals surface area contributed by atoms with E-state index in [9.17, 15) is 4.79 Å². The summed E-state index contributed by atoms with van der Waals surface area (Å²) >= 11 is 11.8. The smallest absolute Gasteiger partial charge is 0.227 e. The lowest BCUT2D eigenvalue weighted by atomic mass is 10.1. The number of carbonyl (C=O) groups excluding carboxylic acids is 1. The van der Waals surface area contributed by atoms with Crippen LogP contribution in [0.25, 0.3) is 0 Å². The first-order valence-electron chi connectivity index (χ1n) is 5.46. The summed E-state index contributed by atoms with van der Waals surface area (Å²) in [5.41, 5.74) is 0.813. The number of nitrogens with zero attached hydrogens (tertiary/aromatic N) is 1. The van der Waals surface area contributed by atoms with Crippen LogP contribution in [-0.2, 0) is 16.0 Å². The summed E-state index contributed by atoms with van der Waals surface area (Å²) in [4.78, 5) is 13.8. The van der Waals surface area contributed by atoms with Crippen LogP contribution in [0.4, 0.5) is 0 Å². The third kappa shape index (κ3) is 3.35. The molecule has 0 aromatic heterocycles. The van der Waals surface area contributed by atoms with Crippen molar-refractivity contribution in [3.05, 3.63) is 33.8 Å². The van der Waals surface area contributed by atoms with Crippen molar-refractivity contribution < 1.29 is 9.53 Å². The zero-order valence-electron chi connectivity index (χ0n) is 9.29. The molecular formula is C12H13Cl2NO2. The minimum Gasteiger partial charge on any atom is -0.378 e. The molecule has 1 amide bonds. The average molecular weight is 274 g/mol. The number of benzene rings is 1. The molecule has 1 heterocycles. The van der Waals surface area contributed by atoms with Gasteiger partial charge >= 0.3 is 0 Å². The topological polar surface area (TPSA) is 29.5 Å². The van der Waals surface area contributed by atoms with E-state index in [2.05, 4.69) is 0 Å². The van der Waals surface area contributed by atoms with Crippen molar-refractivity contribution in [3.63, 3.8) is 0 Å². The molecule has 1 saturated heterocycles. The van der Waals surface area contributed by atoms with E-state index in [0.717, 1.165) is 5.56 Å². The molecule has 0 saturated carbocycles. The normalized spacial score (nSPS) is 16.0. The van der Waals surface area contributed by atoms with Gasteiger partial charge < -0.3 is 9.64 Å². The number of hydrogen-bond acceptors (Lipinski definition) is 2. The second-order valence-corrected chi connectivity index (χ2v) is 4.75. The molecule has 1 aliphatic heterocycles. The summed E-state index contributed by atoms with van der Waals surface area (Å²) in [6.45, 7) is 2.54. The van der Waals surface area contributed by atoms with Crippen LogP contribution in [0.3, 0.4) is 0 Å². The highest BCUT2D eigenvalue weighted by Gasteiger charge is 2.17. The summed E-state index contributed by atoms with van der Waals surface area (Å²) in [7, 11) is 0. The molecule has 0 spiro atoms. The number of ether oxygens (including phenoxy) is 1. The molecule has 0 atom stereocenters. The number of hydrogen-bond donors (Lipinski definition) is 0. The van der Waals surface area contributed by atoms with Crippen LogP contribution >= 0.6 is 23.2 Å². The van der Waals surface area contributed by atoms with Crippen molar-refractivity contribution in [3.8, 4) is 0 Å². The Balaban J connectivity index is 2.02. The fourth-order valence-corrected chi connectivity index (χ4v) is 2.23. The fourth-order valence-electron chi connectivity index (χ4n) is 1.75. The minimum atomic E-state index is 0.0810. The van der Waals surface area contributed by atoms with E-state index in [1.165, 1.54) is 0 Å². The lowest BCUT2D eigenvalue weighted by molar-refractivity contribution is -0.134. The maximum absolute atomic E-state index is 12.0. The number of carbonyl (C=O) groups is 1. The molecule has 0 aliphatic carbocycles. The Morgan fingerprint density at radius 3 is 2.65 bits per heavy atom. The Bertz CT molecular complexity index is 417. The first kappa shape index (κ1) is 12.7. The molecule has 3 nitrogen and oxygen atoms in total. The standard InChI is InChI=1S/C12H13Cl2NO2/c13-10-2-1-9(11(14)8-10)7-12(16)15-3-5-17-6-4-15/h1-2,8H,3-7H2. The maximum Gasteiger partial charge on any atom is 0.227 e. The van der Waals surface area contributed by atoms with Gasteiger partial charge in [0.25, 0.3) is 0 Å². The van der Waals surface area contributed by atoms with Gasteiger partial charge in [-0.1, -0.05) is 29.3 Å². The first-order valence-corrected chi connectivity index (χ1v) is 6.22. The number of amides is 1. The third-order valence-corrected chi connectivity index (χ3v) is 3.31. The van der Waals surface area contributed by atoms with Crippen LogP contribution in [0, 0.1) is 0 Å². The second-order valence-electron chi connectivity index (χ2n) is 3.91. The van der Waals surface area contributed by atoms with Crippen LogP contribution in [0.15, 0.2) is 18.2 Å². The maximum atomic E-state index is 12.0. The highest BCUT2D eigenvalue weighted by Crippen LogP contribution is 2.21. The molecule has 0 unspecified atom stereocenters. The summed E-state index contributed by atoms with van der Waals surface area (Å²) in [6, 6.07) is 5.20. The van der Waals surface area contributed by atoms with Gasteiger partial charge in [-0.3, -0.25) is 4.79 Å². The zero-order chi connectivity index (χ0) is 12.3. The molecule has 5 heteroatoms. The lowest BCUT2D eigenvalue weighted by Gasteiger charge is -2.27. The SMILES string of the molecule is O=C(Cc1ccc(Cl)cc1Cl)N1CCOCC1. The summed E-state index contributed by atoms with van der Waals surface area (Å²) in [5.74, 6) is 0.0810. The summed E-state index contributed by atoms with van der Waals surface area (Å²) in [5, 5.41) is 1.12. The second kappa shape index (κ2) is 5.71. The average Bonchev–Trinajstić information content (AvgIpc) is 2.34. The van der Waals surface area contributed by atoms with E-state index in [1.807, 2.05) is 0 Å². The van der Waals surface area contributed by atoms with Gasteiger partial charge in [-0.25, -0.2) is 0 Å².